The van der Waals surface area contributed by atoms with E-state index in [1.165, 1.54) is 33.0 Å². The van der Waals surface area contributed by atoms with Crippen molar-refractivity contribution in [1.29, 1.82) is 0 Å². The number of hydrogen-bond acceptors (Lipinski definition) is 8. The molecule has 12 nitrogen and oxygen atoms in total. The first-order chi connectivity index (χ1) is 17.5. The van der Waals surface area contributed by atoms with Crippen LogP contribution in [0.15, 0.2) is 64.7 Å². The fraction of sp³-hybridized carbons (Fsp3) is 0.375. The third kappa shape index (κ3) is 5.74. The Kier molecular flexibility index (Phi) is 8.53. The maximum absolute atomic E-state index is 13.2. The lowest BCUT2D eigenvalue weighted by atomic mass is 9.86. The van der Waals surface area contributed by atoms with Crippen molar-refractivity contribution < 1.29 is 33.3 Å². The minimum Gasteiger partial charge on any atom is -0.497 e. The van der Waals surface area contributed by atoms with Gasteiger partial charge >= 0.3 is 16.2 Å². The zero-order valence-electron chi connectivity index (χ0n) is 20.9. The lowest BCUT2D eigenvalue weighted by Gasteiger charge is -2.30. The van der Waals surface area contributed by atoms with Crippen LogP contribution in [0.3, 0.4) is 0 Å². The summed E-state index contributed by atoms with van der Waals surface area (Å²) < 4.78 is 34.5. The Morgan fingerprint density at radius 1 is 1.24 bits per heavy atom. The van der Waals surface area contributed by atoms with Crippen molar-refractivity contribution in [2.24, 2.45) is 10.1 Å². The number of carboxylic acid groups (broad SMARTS) is 1. The van der Waals surface area contributed by atoms with Gasteiger partial charge in [0.15, 0.2) is 5.60 Å². The Balaban J connectivity index is 2.02. The zero-order chi connectivity index (χ0) is 27.4. The summed E-state index contributed by atoms with van der Waals surface area (Å²) in [5, 5.41) is 37.0. The molecule has 2 aromatic rings. The van der Waals surface area contributed by atoms with Crippen molar-refractivity contribution in [1.82, 2.24) is 14.0 Å². The van der Waals surface area contributed by atoms with Crippen molar-refractivity contribution in [3.05, 3.63) is 65.7 Å². The average Bonchev–Trinajstić information content (AvgIpc) is 3.24. The molecular weight excluding hydrogens is 502 g/mol. The van der Waals surface area contributed by atoms with Crippen LogP contribution in [0.25, 0.3) is 0 Å². The van der Waals surface area contributed by atoms with Gasteiger partial charge in [-0.2, -0.15) is 17.8 Å². The van der Waals surface area contributed by atoms with Gasteiger partial charge in [0, 0.05) is 19.2 Å². The summed E-state index contributed by atoms with van der Waals surface area (Å²) in [6.07, 6.45) is -1.48. The summed E-state index contributed by atoms with van der Waals surface area (Å²) in [5.74, 6) is -1.14. The van der Waals surface area contributed by atoms with E-state index in [2.05, 4.69) is 14.8 Å². The van der Waals surface area contributed by atoms with Gasteiger partial charge in [-0.05, 0) is 36.8 Å². The molecular formula is C24H31N5O7S. The Hall–Kier alpha value is -3.52. The number of ether oxygens (including phenoxy) is 1. The molecule has 2 aromatic carbocycles. The largest absolute Gasteiger partial charge is 0.497 e. The van der Waals surface area contributed by atoms with Crippen LogP contribution >= 0.6 is 0 Å². The number of nitrogens with one attached hydrogen (secondary N) is 1. The summed E-state index contributed by atoms with van der Waals surface area (Å²) in [4.78, 5) is 15.7. The van der Waals surface area contributed by atoms with E-state index in [1.54, 1.807) is 54.6 Å². The molecule has 37 heavy (non-hydrogen) atoms. The van der Waals surface area contributed by atoms with E-state index in [9.17, 15) is 28.5 Å². The highest BCUT2D eigenvalue weighted by Gasteiger charge is 2.46. The molecule has 0 radical (unpaired) electrons. The highest BCUT2D eigenvalue weighted by atomic mass is 32.2. The van der Waals surface area contributed by atoms with E-state index in [4.69, 9.17) is 4.74 Å². The van der Waals surface area contributed by atoms with Crippen molar-refractivity contribution >= 4 is 27.8 Å². The molecule has 0 amide bonds. The molecule has 13 heteroatoms. The van der Waals surface area contributed by atoms with Gasteiger partial charge in [-0.3, -0.25) is 9.79 Å². The minimum absolute atomic E-state index is 0.182. The van der Waals surface area contributed by atoms with Crippen LogP contribution in [0.1, 0.15) is 25.0 Å². The molecule has 200 valence electrons. The average molecular weight is 534 g/mol. The topological polar surface area (TPSA) is 164 Å². The predicted molar refractivity (Wildman–Crippen MR) is 137 cm³/mol. The Morgan fingerprint density at radius 2 is 1.86 bits per heavy atom. The minimum atomic E-state index is -4.50. The number of methoxy groups -OCH3 is 1. The second-order valence-electron chi connectivity index (χ2n) is 8.34. The van der Waals surface area contributed by atoms with E-state index in [0.717, 1.165) is 0 Å². The Bertz CT molecular complexity index is 1270. The molecule has 4 N–H and O–H groups in total. The summed E-state index contributed by atoms with van der Waals surface area (Å²) in [6, 6.07) is 13.9. The number of guanidine groups is 1. The van der Waals surface area contributed by atoms with Crippen LogP contribution in [0, 0.1) is 0 Å². The Labute approximate surface area is 215 Å². The van der Waals surface area contributed by atoms with Gasteiger partial charge in [0.1, 0.15) is 17.5 Å². The third-order valence-corrected chi connectivity index (χ3v) is 7.47. The number of likely N-dealkylation sites (N-methyl/N-ethyl adjacent to an activating group) is 1. The van der Waals surface area contributed by atoms with Crippen molar-refractivity contribution in [3.63, 3.8) is 0 Å². The van der Waals surface area contributed by atoms with Gasteiger partial charge in [-0.25, -0.2) is 9.73 Å². The standard InChI is InChI=1S/C24H31N5O7S/c1-5-29(20(16(2)30)22(31)32)37(34,35)27-23(25-3)28-15-24(33,18-9-7-6-8-10-18)21(26-28)17-11-13-19(36-4)14-12-17/h6-14,16,20,30,33H,5,15H2,1-4H3,(H,25,27)(H,31,32). The molecule has 3 unspecified atom stereocenters. The van der Waals surface area contributed by atoms with Crippen molar-refractivity contribution in [2.45, 2.75) is 31.6 Å². The first-order valence-electron chi connectivity index (χ1n) is 11.4. The number of β-amino-alcohol motifs (C(OH)–C–C–N with tert-alkyl or cyclic N) is 1. The summed E-state index contributed by atoms with van der Waals surface area (Å²) in [5.41, 5.74) is -0.282. The number of aliphatic carboxylic acids is 1. The van der Waals surface area contributed by atoms with E-state index < -0.39 is 33.9 Å². The lowest BCUT2D eigenvalue weighted by molar-refractivity contribution is -0.144. The second-order valence-corrected chi connectivity index (χ2v) is 9.97. The summed E-state index contributed by atoms with van der Waals surface area (Å²) in [7, 11) is -1.63. The fourth-order valence-electron chi connectivity index (χ4n) is 4.11. The molecule has 1 aliphatic rings. The van der Waals surface area contributed by atoms with Gasteiger partial charge < -0.3 is 20.1 Å². The molecule has 0 spiro atoms. The lowest BCUT2D eigenvalue weighted by Crippen LogP contribution is -2.56. The number of carbonyl (C=O) groups is 1. The number of hydrogen-bond donors (Lipinski definition) is 4. The number of benzene rings is 2. The number of hydrazone groups is 1. The smallest absolute Gasteiger partial charge is 0.324 e. The number of rotatable bonds is 9. The molecule has 3 rings (SSSR count). The molecule has 0 aromatic heterocycles. The molecule has 0 bridgehead atoms. The molecule has 1 heterocycles. The molecule has 0 saturated heterocycles. The monoisotopic (exact) mass is 533 g/mol. The number of aliphatic imine (C=N–C) groups is 1. The maximum atomic E-state index is 13.2. The molecule has 0 fully saturated rings. The van der Waals surface area contributed by atoms with Crippen LogP contribution < -0.4 is 9.46 Å². The van der Waals surface area contributed by atoms with Gasteiger partial charge in [-0.15, -0.1) is 0 Å². The quantitative estimate of drug-likeness (QED) is 0.269. The van der Waals surface area contributed by atoms with Crippen LogP contribution in [0.5, 0.6) is 5.75 Å². The second kappa shape index (κ2) is 11.3. The van der Waals surface area contributed by atoms with Crippen LogP contribution in [0.4, 0.5) is 0 Å². The molecule has 3 atom stereocenters. The molecule has 0 aliphatic carbocycles. The van der Waals surface area contributed by atoms with Crippen LogP contribution in [-0.4, -0.2) is 90.1 Å². The molecule has 0 saturated carbocycles. The normalized spacial score (nSPS) is 19.9. The SMILES string of the molecule is CCN(C(C(=O)O)C(C)O)S(=O)(=O)NC(=NC)N1CC(O)(c2ccccc2)C(c2ccc(OC)cc2)=N1. The highest BCUT2D eigenvalue weighted by Crippen LogP contribution is 2.33. The first-order valence-corrected chi connectivity index (χ1v) is 12.9. The van der Waals surface area contributed by atoms with E-state index >= 15 is 0 Å². The highest BCUT2D eigenvalue weighted by molar-refractivity contribution is 7.87. The van der Waals surface area contributed by atoms with E-state index in [-0.39, 0.29) is 24.8 Å². The fourth-order valence-corrected chi connectivity index (χ4v) is 5.56. The number of nitrogens with zero attached hydrogens (tertiary/aromatic N) is 4. The number of aliphatic hydroxyl groups is 2. The van der Waals surface area contributed by atoms with Crippen molar-refractivity contribution in [3.8, 4) is 5.75 Å². The predicted octanol–water partition coefficient (Wildman–Crippen LogP) is 0.579. The van der Waals surface area contributed by atoms with Gasteiger partial charge in [-0.1, -0.05) is 37.3 Å². The van der Waals surface area contributed by atoms with E-state index in [0.29, 0.717) is 21.2 Å². The van der Waals surface area contributed by atoms with Gasteiger partial charge in [0.2, 0.25) is 5.96 Å². The van der Waals surface area contributed by atoms with Crippen LogP contribution in [-0.2, 0) is 20.6 Å². The van der Waals surface area contributed by atoms with Gasteiger partial charge in [0.25, 0.3) is 0 Å². The van der Waals surface area contributed by atoms with E-state index in [1.807, 2.05) is 0 Å². The number of aliphatic hydroxyl groups excluding tert-OH is 1. The van der Waals surface area contributed by atoms with Gasteiger partial charge in [0.05, 0.1) is 19.8 Å². The molecule has 1 aliphatic heterocycles. The number of carboxylic acids is 1. The van der Waals surface area contributed by atoms with Crippen LogP contribution in [0.2, 0.25) is 0 Å². The third-order valence-electron chi connectivity index (χ3n) is 5.92. The Morgan fingerprint density at radius 3 is 2.35 bits per heavy atom. The first kappa shape index (κ1) is 28.1. The summed E-state index contributed by atoms with van der Waals surface area (Å²) in [6.45, 7) is 2.23. The maximum Gasteiger partial charge on any atom is 0.324 e. The summed E-state index contributed by atoms with van der Waals surface area (Å²) >= 11 is 0. The zero-order valence-corrected chi connectivity index (χ0v) is 21.8. The van der Waals surface area contributed by atoms with Crippen molar-refractivity contribution in [2.75, 3.05) is 27.2 Å².